The number of pyridine rings is 1. The van der Waals surface area contributed by atoms with E-state index in [4.69, 9.17) is 0 Å². The summed E-state index contributed by atoms with van der Waals surface area (Å²) in [5.74, 6) is 0.173. The number of halogens is 3. The Morgan fingerprint density at radius 2 is 1.97 bits per heavy atom. The first-order valence-electron chi connectivity index (χ1n) is 10.8. The second-order valence-electron chi connectivity index (χ2n) is 8.73. The first-order chi connectivity index (χ1) is 15.7. The van der Waals surface area contributed by atoms with E-state index in [-0.39, 0.29) is 22.8 Å². The Bertz CT molecular complexity index is 1230. The highest BCUT2D eigenvalue weighted by molar-refractivity contribution is 5.99. The molecule has 7 nitrogen and oxygen atoms in total. The molecule has 2 aromatic heterocycles. The molecule has 2 amide bonds. The summed E-state index contributed by atoms with van der Waals surface area (Å²) in [5, 5.41) is 5.49. The van der Waals surface area contributed by atoms with Crippen molar-refractivity contribution in [3.05, 3.63) is 47.8 Å². The number of nitrogens with one attached hydrogen (secondary N) is 1. The van der Waals surface area contributed by atoms with Crippen LogP contribution in [0.25, 0.3) is 22.2 Å². The number of fused-ring (bicyclic) bond motifs is 1. The molecule has 2 fully saturated rings. The monoisotopic (exact) mass is 457 g/mol. The smallest absolute Gasteiger partial charge is 0.342 e. The lowest BCUT2D eigenvalue weighted by Crippen LogP contribution is -2.57. The Morgan fingerprint density at radius 3 is 2.70 bits per heavy atom. The highest BCUT2D eigenvalue weighted by atomic mass is 19.4. The number of likely N-dealkylation sites (N-methyl/N-ethyl adjacent to an activating group) is 1. The van der Waals surface area contributed by atoms with Crippen molar-refractivity contribution < 1.29 is 22.8 Å². The van der Waals surface area contributed by atoms with Crippen LogP contribution in [0.3, 0.4) is 0 Å². The standard InChI is InChI=1S/C23H22F3N5O2/c1-30-7-8-31(18(22(30)33)9-13-5-6-13)21(32)15-4-2-3-14(10-15)16-11-17-19(23(24,25)26)28-29-20(17)27-12-16/h2-4,10-13,18H,5-9H2,1H3,(H,27,28,29). The zero-order valence-corrected chi connectivity index (χ0v) is 17.9. The molecule has 1 aliphatic carbocycles. The second kappa shape index (κ2) is 7.86. The average Bonchev–Trinajstić information content (AvgIpc) is 3.50. The normalized spacial score (nSPS) is 19.4. The number of H-pyrrole nitrogens is 1. The minimum atomic E-state index is -4.59. The van der Waals surface area contributed by atoms with Gasteiger partial charge >= 0.3 is 6.18 Å². The van der Waals surface area contributed by atoms with Gasteiger partial charge in [0.1, 0.15) is 11.7 Å². The van der Waals surface area contributed by atoms with Gasteiger partial charge in [0, 0.05) is 37.5 Å². The van der Waals surface area contributed by atoms with Crippen LogP contribution < -0.4 is 0 Å². The first kappa shape index (κ1) is 21.4. The fourth-order valence-corrected chi connectivity index (χ4v) is 4.32. The van der Waals surface area contributed by atoms with E-state index in [1.54, 1.807) is 41.1 Å². The van der Waals surface area contributed by atoms with Crippen LogP contribution in [0.15, 0.2) is 36.5 Å². The van der Waals surface area contributed by atoms with Crippen LogP contribution in [0.5, 0.6) is 0 Å². The third-order valence-electron chi connectivity index (χ3n) is 6.36. The summed E-state index contributed by atoms with van der Waals surface area (Å²) in [4.78, 5) is 33.5. The van der Waals surface area contributed by atoms with E-state index in [0.29, 0.717) is 42.1 Å². The Kier molecular flexibility index (Phi) is 5.10. The van der Waals surface area contributed by atoms with Crippen molar-refractivity contribution in [2.45, 2.75) is 31.5 Å². The van der Waals surface area contributed by atoms with E-state index in [2.05, 4.69) is 10.1 Å². The van der Waals surface area contributed by atoms with E-state index in [1.165, 1.54) is 12.3 Å². The molecule has 1 aliphatic heterocycles. The molecule has 3 heterocycles. The SMILES string of the molecule is CN1CCN(C(=O)c2cccc(-c3cnc4n[nH]c(C(F)(F)F)c4c3)c2)C(CC2CC2)C1=O. The Morgan fingerprint density at radius 1 is 1.18 bits per heavy atom. The van der Waals surface area contributed by atoms with Gasteiger partial charge in [0.15, 0.2) is 5.65 Å². The third-order valence-corrected chi connectivity index (χ3v) is 6.36. The van der Waals surface area contributed by atoms with Crippen molar-refractivity contribution in [1.82, 2.24) is 25.0 Å². The quantitative estimate of drug-likeness (QED) is 0.647. The number of piperazine rings is 1. The van der Waals surface area contributed by atoms with Crippen molar-refractivity contribution in [1.29, 1.82) is 0 Å². The Labute approximate surface area is 187 Å². The zero-order valence-electron chi connectivity index (χ0n) is 17.9. The van der Waals surface area contributed by atoms with Crippen LogP contribution in [0.4, 0.5) is 13.2 Å². The number of benzene rings is 1. The molecule has 0 spiro atoms. The lowest BCUT2D eigenvalue weighted by Gasteiger charge is -2.39. The molecule has 1 saturated carbocycles. The maximum Gasteiger partial charge on any atom is 0.433 e. The topological polar surface area (TPSA) is 82.2 Å². The minimum absolute atomic E-state index is 0.0304. The van der Waals surface area contributed by atoms with E-state index in [1.807, 2.05) is 5.10 Å². The van der Waals surface area contributed by atoms with Gasteiger partial charge in [0.2, 0.25) is 5.91 Å². The average molecular weight is 457 g/mol. The number of aromatic nitrogens is 3. The van der Waals surface area contributed by atoms with E-state index >= 15 is 0 Å². The van der Waals surface area contributed by atoms with Crippen molar-refractivity contribution in [3.8, 4) is 11.1 Å². The molecule has 3 aromatic rings. The van der Waals surface area contributed by atoms with Crippen molar-refractivity contribution in [3.63, 3.8) is 0 Å². The summed E-state index contributed by atoms with van der Waals surface area (Å²) in [6.07, 6.45) is -0.335. The molecule has 1 atom stereocenters. The number of hydrogen-bond donors (Lipinski definition) is 1. The highest BCUT2D eigenvalue weighted by Gasteiger charge is 2.40. The molecule has 1 aromatic carbocycles. The van der Waals surface area contributed by atoms with Gasteiger partial charge < -0.3 is 9.80 Å². The molecular formula is C23H22F3N5O2. The molecular weight excluding hydrogens is 435 g/mol. The molecule has 0 radical (unpaired) electrons. The number of hydrogen-bond acceptors (Lipinski definition) is 4. The fourth-order valence-electron chi connectivity index (χ4n) is 4.32. The van der Waals surface area contributed by atoms with E-state index in [0.717, 1.165) is 12.8 Å². The van der Waals surface area contributed by atoms with Crippen molar-refractivity contribution in [2.24, 2.45) is 5.92 Å². The second-order valence-corrected chi connectivity index (χ2v) is 8.73. The van der Waals surface area contributed by atoms with Crippen molar-refractivity contribution in [2.75, 3.05) is 20.1 Å². The number of carbonyl (C=O) groups excluding carboxylic acids is 2. The predicted octanol–water partition coefficient (Wildman–Crippen LogP) is 3.73. The summed E-state index contributed by atoms with van der Waals surface area (Å²) in [7, 11) is 1.75. The summed E-state index contributed by atoms with van der Waals surface area (Å²) in [5.41, 5.74) is 0.390. The van der Waals surface area contributed by atoms with Gasteiger partial charge in [0.05, 0.1) is 5.39 Å². The molecule has 0 bridgehead atoms. The molecule has 33 heavy (non-hydrogen) atoms. The summed E-state index contributed by atoms with van der Waals surface area (Å²) in [6.45, 7) is 0.910. The minimum Gasteiger partial charge on any atom is -0.342 e. The number of amides is 2. The number of carbonyl (C=O) groups is 2. The lowest BCUT2D eigenvalue weighted by molar-refractivity contribution is -0.140. The Hall–Kier alpha value is -3.43. The van der Waals surface area contributed by atoms with Gasteiger partial charge in [-0.3, -0.25) is 14.7 Å². The summed E-state index contributed by atoms with van der Waals surface area (Å²) >= 11 is 0. The Balaban J connectivity index is 1.46. The van der Waals surface area contributed by atoms with Crippen LogP contribution in [0.2, 0.25) is 0 Å². The summed E-state index contributed by atoms with van der Waals surface area (Å²) < 4.78 is 39.8. The highest BCUT2D eigenvalue weighted by Crippen LogP contribution is 2.37. The predicted molar refractivity (Wildman–Crippen MR) is 114 cm³/mol. The maximum atomic E-state index is 13.4. The van der Waals surface area contributed by atoms with Gasteiger partial charge in [-0.05, 0) is 36.1 Å². The van der Waals surface area contributed by atoms with Crippen LogP contribution in [-0.4, -0.2) is 63.0 Å². The fraction of sp³-hybridized carbons (Fsp3) is 0.391. The van der Waals surface area contributed by atoms with Crippen LogP contribution in [0.1, 0.15) is 35.3 Å². The van der Waals surface area contributed by atoms with Crippen LogP contribution >= 0.6 is 0 Å². The maximum absolute atomic E-state index is 13.4. The van der Waals surface area contributed by atoms with E-state index < -0.39 is 17.9 Å². The summed E-state index contributed by atoms with van der Waals surface area (Å²) in [6, 6.07) is 7.58. The van der Waals surface area contributed by atoms with Gasteiger partial charge in [-0.25, -0.2) is 4.98 Å². The van der Waals surface area contributed by atoms with Gasteiger partial charge in [-0.2, -0.15) is 18.3 Å². The largest absolute Gasteiger partial charge is 0.433 e. The molecule has 10 heteroatoms. The first-order valence-corrected chi connectivity index (χ1v) is 10.8. The zero-order chi connectivity index (χ0) is 23.3. The molecule has 5 rings (SSSR count). The molecule has 2 aliphatic rings. The van der Waals surface area contributed by atoms with Crippen LogP contribution in [-0.2, 0) is 11.0 Å². The molecule has 1 saturated heterocycles. The number of alkyl halides is 3. The van der Waals surface area contributed by atoms with Crippen LogP contribution in [0, 0.1) is 5.92 Å². The lowest BCUT2D eigenvalue weighted by atomic mass is 10.00. The number of aromatic amines is 1. The number of nitrogens with zero attached hydrogens (tertiary/aromatic N) is 4. The molecule has 1 N–H and O–H groups in total. The molecule has 172 valence electrons. The van der Waals surface area contributed by atoms with E-state index in [9.17, 15) is 22.8 Å². The van der Waals surface area contributed by atoms with Gasteiger partial charge in [-0.15, -0.1) is 0 Å². The van der Waals surface area contributed by atoms with Gasteiger partial charge in [0.25, 0.3) is 5.91 Å². The van der Waals surface area contributed by atoms with Crippen molar-refractivity contribution >= 4 is 22.8 Å². The molecule has 1 unspecified atom stereocenters. The third kappa shape index (κ3) is 4.05. The number of rotatable bonds is 4. The van der Waals surface area contributed by atoms with Gasteiger partial charge in [-0.1, -0.05) is 25.0 Å².